The Labute approximate surface area is 114 Å². The third-order valence-corrected chi connectivity index (χ3v) is 4.22. The summed E-state index contributed by atoms with van der Waals surface area (Å²) in [5, 5.41) is 0. The molecule has 0 unspecified atom stereocenters. The van der Waals surface area contributed by atoms with E-state index in [4.69, 9.17) is 0 Å². The smallest absolute Gasteiger partial charge is 0.142 e. The first-order valence-corrected chi connectivity index (χ1v) is 7.12. The molecule has 0 bridgehead atoms. The molecule has 0 atom stereocenters. The van der Waals surface area contributed by atoms with Gasteiger partial charge in [0.1, 0.15) is 5.82 Å². The second-order valence-corrected chi connectivity index (χ2v) is 6.88. The Morgan fingerprint density at radius 2 is 1.88 bits per heavy atom. The molecule has 0 saturated carbocycles. The van der Waals surface area contributed by atoms with Crippen LogP contribution >= 0.6 is 31.9 Å². The molecule has 2 nitrogen and oxygen atoms in total. The van der Waals surface area contributed by atoms with Gasteiger partial charge < -0.3 is 4.90 Å². The molecule has 1 saturated heterocycles. The molecule has 1 aliphatic heterocycles. The maximum Gasteiger partial charge on any atom is 0.142 e. The van der Waals surface area contributed by atoms with Gasteiger partial charge in [0, 0.05) is 23.8 Å². The summed E-state index contributed by atoms with van der Waals surface area (Å²) in [6.45, 7) is 6.88. The van der Waals surface area contributed by atoms with E-state index in [9.17, 15) is 0 Å². The number of piperidine rings is 1. The van der Waals surface area contributed by atoms with Crippen LogP contribution in [0.5, 0.6) is 0 Å². The summed E-state index contributed by atoms with van der Waals surface area (Å²) in [4.78, 5) is 6.84. The Hall–Kier alpha value is -0.0900. The quantitative estimate of drug-likeness (QED) is 0.755. The van der Waals surface area contributed by atoms with E-state index in [1.54, 1.807) is 0 Å². The summed E-state index contributed by atoms with van der Waals surface area (Å²) in [5.41, 5.74) is 0.484. The van der Waals surface area contributed by atoms with Crippen molar-refractivity contribution in [2.45, 2.75) is 26.7 Å². The second-order valence-electron chi connectivity index (χ2n) is 5.11. The van der Waals surface area contributed by atoms with Gasteiger partial charge in [-0.1, -0.05) is 13.8 Å². The first-order chi connectivity index (χ1) is 7.48. The first-order valence-electron chi connectivity index (χ1n) is 5.54. The van der Waals surface area contributed by atoms with Gasteiger partial charge in [-0.15, -0.1) is 0 Å². The lowest BCUT2D eigenvalue weighted by Crippen LogP contribution is -2.37. The monoisotopic (exact) mass is 346 g/mol. The number of anilines is 1. The Morgan fingerprint density at radius 3 is 2.44 bits per heavy atom. The second kappa shape index (κ2) is 4.65. The lowest BCUT2D eigenvalue weighted by Gasteiger charge is -2.37. The summed E-state index contributed by atoms with van der Waals surface area (Å²) < 4.78 is 2.09. The van der Waals surface area contributed by atoms with Crippen LogP contribution in [0.25, 0.3) is 0 Å². The Kier molecular flexibility index (Phi) is 3.59. The number of pyridine rings is 1. The van der Waals surface area contributed by atoms with Gasteiger partial charge in [0.15, 0.2) is 0 Å². The van der Waals surface area contributed by atoms with Crippen LogP contribution in [0.2, 0.25) is 0 Å². The Balaban J connectivity index is 2.14. The van der Waals surface area contributed by atoms with Crippen LogP contribution in [0.1, 0.15) is 26.7 Å². The van der Waals surface area contributed by atoms with Gasteiger partial charge in [0.25, 0.3) is 0 Å². The molecule has 1 aromatic heterocycles. The lowest BCUT2D eigenvalue weighted by atomic mass is 9.83. The summed E-state index contributed by atoms with van der Waals surface area (Å²) in [7, 11) is 0. The highest BCUT2D eigenvalue weighted by atomic mass is 79.9. The first kappa shape index (κ1) is 12.4. The summed E-state index contributed by atoms with van der Waals surface area (Å²) in [6, 6.07) is 2.06. The number of rotatable bonds is 1. The van der Waals surface area contributed by atoms with Crippen LogP contribution in [0.3, 0.4) is 0 Å². The van der Waals surface area contributed by atoms with E-state index in [1.807, 2.05) is 6.20 Å². The molecule has 4 heteroatoms. The Morgan fingerprint density at radius 1 is 1.25 bits per heavy atom. The SMILES string of the molecule is CC1(C)CCN(c2ncc(Br)cc2Br)CC1. The molecule has 2 heterocycles. The van der Waals surface area contributed by atoms with Crippen LogP contribution in [-0.2, 0) is 0 Å². The van der Waals surface area contributed by atoms with Gasteiger partial charge in [-0.3, -0.25) is 0 Å². The van der Waals surface area contributed by atoms with Crippen molar-refractivity contribution >= 4 is 37.7 Å². The molecule has 88 valence electrons. The zero-order chi connectivity index (χ0) is 11.8. The number of nitrogens with zero attached hydrogens (tertiary/aromatic N) is 2. The molecule has 0 spiro atoms. The molecule has 16 heavy (non-hydrogen) atoms. The largest absolute Gasteiger partial charge is 0.356 e. The van der Waals surface area contributed by atoms with Crippen LogP contribution in [0.15, 0.2) is 21.2 Å². The van der Waals surface area contributed by atoms with E-state index < -0.39 is 0 Å². The summed E-state index contributed by atoms with van der Waals surface area (Å²) >= 11 is 7.00. The fourth-order valence-electron chi connectivity index (χ4n) is 1.96. The number of halogens is 2. The molecule has 0 N–H and O–H groups in total. The summed E-state index contributed by atoms with van der Waals surface area (Å²) in [6.07, 6.45) is 4.33. The molecular formula is C12H16Br2N2. The predicted octanol–water partition coefficient (Wildman–Crippen LogP) is 4.23. The average molecular weight is 348 g/mol. The van der Waals surface area contributed by atoms with Crippen molar-refractivity contribution < 1.29 is 0 Å². The van der Waals surface area contributed by atoms with Crippen LogP contribution in [0.4, 0.5) is 5.82 Å². The third kappa shape index (κ3) is 2.77. The minimum atomic E-state index is 0.484. The van der Waals surface area contributed by atoms with E-state index in [0.29, 0.717) is 5.41 Å². The van der Waals surface area contributed by atoms with Gasteiger partial charge in [-0.05, 0) is 56.2 Å². The number of hydrogen-bond acceptors (Lipinski definition) is 2. The highest BCUT2D eigenvalue weighted by Gasteiger charge is 2.26. The maximum absolute atomic E-state index is 4.48. The van der Waals surface area contributed by atoms with Crippen molar-refractivity contribution in [3.05, 3.63) is 21.2 Å². The maximum atomic E-state index is 4.48. The average Bonchev–Trinajstić information content (AvgIpc) is 2.19. The van der Waals surface area contributed by atoms with Crippen molar-refractivity contribution in [2.75, 3.05) is 18.0 Å². The summed E-state index contributed by atoms with van der Waals surface area (Å²) in [5.74, 6) is 1.07. The Bertz CT molecular complexity index is 381. The third-order valence-electron chi connectivity index (χ3n) is 3.20. The molecule has 0 amide bonds. The normalized spacial score (nSPS) is 19.9. The van der Waals surface area contributed by atoms with E-state index in [2.05, 4.69) is 61.7 Å². The minimum absolute atomic E-state index is 0.484. The van der Waals surface area contributed by atoms with E-state index in [-0.39, 0.29) is 0 Å². The van der Waals surface area contributed by atoms with E-state index >= 15 is 0 Å². The van der Waals surface area contributed by atoms with Crippen molar-refractivity contribution in [3.8, 4) is 0 Å². The molecule has 0 radical (unpaired) electrons. The zero-order valence-corrected chi connectivity index (χ0v) is 12.8. The van der Waals surface area contributed by atoms with E-state index in [1.165, 1.54) is 12.8 Å². The van der Waals surface area contributed by atoms with Gasteiger partial charge in [0.05, 0.1) is 4.47 Å². The highest BCUT2D eigenvalue weighted by molar-refractivity contribution is 9.11. The van der Waals surface area contributed by atoms with Crippen molar-refractivity contribution in [3.63, 3.8) is 0 Å². The number of hydrogen-bond donors (Lipinski definition) is 0. The van der Waals surface area contributed by atoms with Crippen molar-refractivity contribution in [1.29, 1.82) is 0 Å². The topological polar surface area (TPSA) is 16.1 Å². The fraction of sp³-hybridized carbons (Fsp3) is 0.583. The predicted molar refractivity (Wildman–Crippen MR) is 74.9 cm³/mol. The lowest BCUT2D eigenvalue weighted by molar-refractivity contribution is 0.279. The van der Waals surface area contributed by atoms with Gasteiger partial charge >= 0.3 is 0 Å². The fourth-order valence-corrected chi connectivity index (χ4v) is 3.20. The van der Waals surface area contributed by atoms with Gasteiger partial charge in [-0.25, -0.2) is 4.98 Å². The molecule has 1 aromatic rings. The molecule has 1 aliphatic rings. The standard InChI is InChI=1S/C12H16Br2N2/c1-12(2)3-5-16(6-4-12)11-10(14)7-9(13)8-15-11/h7-8H,3-6H2,1-2H3. The van der Waals surface area contributed by atoms with Crippen LogP contribution in [-0.4, -0.2) is 18.1 Å². The molecule has 1 fully saturated rings. The van der Waals surface area contributed by atoms with Crippen molar-refractivity contribution in [1.82, 2.24) is 4.98 Å². The van der Waals surface area contributed by atoms with Crippen LogP contribution < -0.4 is 4.90 Å². The zero-order valence-electron chi connectivity index (χ0n) is 9.63. The molecule has 0 aliphatic carbocycles. The minimum Gasteiger partial charge on any atom is -0.356 e. The molecule has 0 aromatic carbocycles. The molecular weight excluding hydrogens is 332 g/mol. The van der Waals surface area contributed by atoms with Crippen LogP contribution in [0, 0.1) is 5.41 Å². The highest BCUT2D eigenvalue weighted by Crippen LogP contribution is 2.34. The number of aromatic nitrogens is 1. The van der Waals surface area contributed by atoms with Gasteiger partial charge in [0.2, 0.25) is 0 Å². The van der Waals surface area contributed by atoms with Gasteiger partial charge in [-0.2, -0.15) is 0 Å². The van der Waals surface area contributed by atoms with E-state index in [0.717, 1.165) is 27.9 Å². The molecule has 2 rings (SSSR count). The van der Waals surface area contributed by atoms with Crippen molar-refractivity contribution in [2.24, 2.45) is 5.41 Å².